The quantitative estimate of drug-likeness (QED) is 0.716. The van der Waals surface area contributed by atoms with Crippen LogP contribution in [0.15, 0.2) is 16.8 Å². The van der Waals surface area contributed by atoms with Crippen LogP contribution < -0.4 is 5.32 Å². The number of piperidine rings is 1. The number of alkyl halides is 3. The number of aliphatic carboxylic acids is 1. The number of hydrogen-bond donors (Lipinski definition) is 2. The summed E-state index contributed by atoms with van der Waals surface area (Å²) >= 11 is 1.77. The molecule has 2 fully saturated rings. The zero-order valence-corrected chi connectivity index (χ0v) is 18.0. The van der Waals surface area contributed by atoms with Gasteiger partial charge in [-0.25, -0.2) is 4.79 Å². The van der Waals surface area contributed by atoms with Crippen LogP contribution in [0.3, 0.4) is 0 Å². The lowest BCUT2D eigenvalue weighted by Crippen LogP contribution is -2.43. The molecule has 0 bridgehead atoms. The summed E-state index contributed by atoms with van der Waals surface area (Å²) in [4.78, 5) is 23.4. The van der Waals surface area contributed by atoms with Gasteiger partial charge >= 0.3 is 12.1 Å². The fourth-order valence-electron chi connectivity index (χ4n) is 3.82. The van der Waals surface area contributed by atoms with Gasteiger partial charge in [0, 0.05) is 32.1 Å². The fourth-order valence-corrected chi connectivity index (χ4v) is 4.48. The van der Waals surface area contributed by atoms with Crippen LogP contribution in [0.4, 0.5) is 13.2 Å². The zero-order chi connectivity index (χ0) is 22.4. The van der Waals surface area contributed by atoms with E-state index in [1.54, 1.807) is 11.3 Å². The molecule has 0 aromatic carbocycles. The summed E-state index contributed by atoms with van der Waals surface area (Å²) in [5.74, 6) is -2.20. The molecule has 1 unspecified atom stereocenters. The summed E-state index contributed by atoms with van der Waals surface area (Å²) < 4.78 is 37.9. The van der Waals surface area contributed by atoms with Crippen LogP contribution in [0.5, 0.6) is 0 Å². The smallest absolute Gasteiger partial charge is 0.475 e. The maximum Gasteiger partial charge on any atom is 0.490 e. The first-order valence-corrected chi connectivity index (χ1v) is 10.9. The fraction of sp³-hybridized carbons (Fsp3) is 0.700. The van der Waals surface area contributed by atoms with Crippen molar-refractivity contribution in [2.45, 2.75) is 63.9 Å². The number of nitrogens with zero attached hydrogens (tertiary/aromatic N) is 1. The van der Waals surface area contributed by atoms with E-state index in [-0.39, 0.29) is 17.6 Å². The van der Waals surface area contributed by atoms with E-state index in [1.807, 2.05) is 13.8 Å². The highest BCUT2D eigenvalue weighted by atomic mass is 32.1. The maximum absolute atomic E-state index is 11.9. The van der Waals surface area contributed by atoms with Crippen LogP contribution in [0, 0.1) is 5.92 Å². The molecule has 3 rings (SSSR count). The number of halogens is 3. The third-order valence-electron chi connectivity index (χ3n) is 5.21. The predicted molar refractivity (Wildman–Crippen MR) is 107 cm³/mol. The first kappa shape index (κ1) is 24.6. The second kappa shape index (κ2) is 10.6. The normalized spacial score (nSPS) is 21.3. The van der Waals surface area contributed by atoms with Gasteiger partial charge in [0.05, 0.1) is 12.2 Å². The molecule has 1 amide bonds. The van der Waals surface area contributed by atoms with Crippen molar-refractivity contribution in [3.8, 4) is 0 Å². The third kappa shape index (κ3) is 7.88. The Morgan fingerprint density at radius 2 is 2.00 bits per heavy atom. The summed E-state index contributed by atoms with van der Waals surface area (Å²) in [5.41, 5.74) is 1.45. The highest BCUT2D eigenvalue weighted by Gasteiger charge is 2.43. The Balaban J connectivity index is 0.000000396. The van der Waals surface area contributed by atoms with Gasteiger partial charge < -0.3 is 15.2 Å². The molecule has 10 heteroatoms. The van der Waals surface area contributed by atoms with E-state index in [9.17, 15) is 18.0 Å². The van der Waals surface area contributed by atoms with Crippen molar-refractivity contribution in [1.29, 1.82) is 0 Å². The summed E-state index contributed by atoms with van der Waals surface area (Å²) in [6.07, 6.45) is -1.23. The number of nitrogens with one attached hydrogen (secondary N) is 1. The van der Waals surface area contributed by atoms with Gasteiger partial charge in [-0.3, -0.25) is 9.69 Å². The molecule has 0 aliphatic carbocycles. The predicted octanol–water partition coefficient (Wildman–Crippen LogP) is 3.67. The Morgan fingerprint density at radius 1 is 1.37 bits per heavy atom. The van der Waals surface area contributed by atoms with Crippen LogP contribution in [0.1, 0.15) is 45.1 Å². The summed E-state index contributed by atoms with van der Waals surface area (Å²) in [6.45, 7) is 8.01. The maximum atomic E-state index is 11.9. The molecule has 3 heterocycles. The molecule has 0 radical (unpaired) electrons. The number of thiophene rings is 1. The van der Waals surface area contributed by atoms with Gasteiger partial charge in [0.25, 0.3) is 0 Å². The zero-order valence-electron chi connectivity index (χ0n) is 17.2. The Labute approximate surface area is 178 Å². The minimum atomic E-state index is -5.08. The third-order valence-corrected chi connectivity index (χ3v) is 5.94. The number of carbonyl (C=O) groups excluding carboxylic acids is 1. The second-order valence-corrected chi connectivity index (χ2v) is 8.98. The first-order chi connectivity index (χ1) is 14.0. The van der Waals surface area contributed by atoms with Crippen LogP contribution in [-0.4, -0.2) is 59.4 Å². The van der Waals surface area contributed by atoms with Gasteiger partial charge in [0.1, 0.15) is 0 Å². The number of carbonyl (C=O) groups is 2. The highest BCUT2D eigenvalue weighted by molar-refractivity contribution is 7.07. The van der Waals surface area contributed by atoms with Crippen molar-refractivity contribution >= 4 is 23.2 Å². The van der Waals surface area contributed by atoms with Crippen molar-refractivity contribution < 1.29 is 32.6 Å². The monoisotopic (exact) mass is 450 g/mol. The average molecular weight is 451 g/mol. The van der Waals surface area contributed by atoms with Crippen LogP contribution in [0.25, 0.3) is 0 Å². The van der Waals surface area contributed by atoms with Crippen molar-refractivity contribution in [3.05, 3.63) is 22.4 Å². The minimum Gasteiger partial charge on any atom is -0.475 e. The average Bonchev–Trinajstić information content (AvgIpc) is 3.27. The van der Waals surface area contributed by atoms with Gasteiger partial charge in [0.2, 0.25) is 5.91 Å². The molecule has 1 aromatic rings. The lowest BCUT2D eigenvalue weighted by atomic mass is 9.84. The Hall–Kier alpha value is -1.65. The van der Waals surface area contributed by atoms with Gasteiger partial charge in [-0.05, 0) is 61.4 Å². The molecule has 2 N–H and O–H groups in total. The van der Waals surface area contributed by atoms with Crippen molar-refractivity contribution in [2.75, 3.05) is 19.7 Å². The molecule has 1 spiro atoms. The van der Waals surface area contributed by atoms with E-state index in [0.29, 0.717) is 12.3 Å². The lowest BCUT2D eigenvalue weighted by Gasteiger charge is -2.38. The Kier molecular flexibility index (Phi) is 8.69. The molecule has 2 aliphatic rings. The van der Waals surface area contributed by atoms with Crippen molar-refractivity contribution in [3.63, 3.8) is 0 Å². The molecule has 1 aromatic heterocycles. The molecule has 6 nitrogen and oxygen atoms in total. The van der Waals surface area contributed by atoms with E-state index in [2.05, 4.69) is 27.0 Å². The molecular weight excluding hydrogens is 421 g/mol. The van der Waals surface area contributed by atoms with Crippen molar-refractivity contribution in [1.82, 2.24) is 10.2 Å². The molecule has 2 saturated heterocycles. The molecule has 2 aliphatic heterocycles. The topological polar surface area (TPSA) is 78.9 Å². The second-order valence-electron chi connectivity index (χ2n) is 8.20. The van der Waals surface area contributed by atoms with E-state index < -0.39 is 12.1 Å². The number of likely N-dealkylation sites (tertiary alicyclic amines) is 1. The summed E-state index contributed by atoms with van der Waals surface area (Å²) in [5, 5.41) is 14.5. The summed E-state index contributed by atoms with van der Waals surface area (Å²) in [7, 11) is 0. The van der Waals surface area contributed by atoms with E-state index in [0.717, 1.165) is 45.5 Å². The molecular formula is C20H29F3N2O4S. The molecule has 1 atom stereocenters. The Bertz CT molecular complexity index is 687. The van der Waals surface area contributed by atoms with E-state index in [1.165, 1.54) is 5.56 Å². The minimum absolute atomic E-state index is 0.0356. The highest BCUT2D eigenvalue weighted by Crippen LogP contribution is 2.40. The standard InChI is InChI=1S/C18H28N2O2S.C2HF3O2/c1-14(2)19-17(21)9-16-10-18(22-12-16)4-6-20(7-5-18)11-15-3-8-23-13-15;3-2(4,5)1(6)7/h3,8,13-14,16H,4-7,9-12H2,1-2H3,(H,19,21);(H,6,7). The first-order valence-electron chi connectivity index (χ1n) is 9.96. The molecule has 0 saturated carbocycles. The number of carboxylic acids is 1. The SMILES string of the molecule is CC(C)NC(=O)CC1COC2(CCN(Cc3ccsc3)CC2)C1.O=C(O)C(F)(F)F. The summed E-state index contributed by atoms with van der Waals surface area (Å²) in [6, 6.07) is 2.43. The number of ether oxygens (including phenoxy) is 1. The van der Waals surface area contributed by atoms with Gasteiger partial charge in [-0.1, -0.05) is 0 Å². The van der Waals surface area contributed by atoms with Crippen LogP contribution in [0.2, 0.25) is 0 Å². The largest absolute Gasteiger partial charge is 0.490 e. The van der Waals surface area contributed by atoms with Gasteiger partial charge in [-0.15, -0.1) is 0 Å². The van der Waals surface area contributed by atoms with Crippen molar-refractivity contribution in [2.24, 2.45) is 5.92 Å². The van der Waals surface area contributed by atoms with Gasteiger partial charge in [0.15, 0.2) is 0 Å². The van der Waals surface area contributed by atoms with E-state index in [4.69, 9.17) is 14.6 Å². The van der Waals surface area contributed by atoms with Crippen LogP contribution in [-0.2, 0) is 20.9 Å². The van der Waals surface area contributed by atoms with Gasteiger partial charge in [-0.2, -0.15) is 24.5 Å². The van der Waals surface area contributed by atoms with Crippen LogP contribution >= 0.6 is 11.3 Å². The lowest BCUT2D eigenvalue weighted by molar-refractivity contribution is -0.192. The number of amides is 1. The van der Waals surface area contributed by atoms with E-state index >= 15 is 0 Å². The molecule has 30 heavy (non-hydrogen) atoms. The number of rotatable bonds is 5. The number of carboxylic acid groups (broad SMARTS) is 1. The molecule has 170 valence electrons. The number of hydrogen-bond acceptors (Lipinski definition) is 5. The Morgan fingerprint density at radius 3 is 2.50 bits per heavy atom.